The van der Waals surface area contributed by atoms with Crippen molar-refractivity contribution in [3.63, 3.8) is 0 Å². The van der Waals surface area contributed by atoms with Gasteiger partial charge in [-0.1, -0.05) is 12.1 Å². The van der Waals surface area contributed by atoms with Crippen molar-refractivity contribution in [2.75, 3.05) is 7.11 Å². The molecule has 150 valence electrons. The van der Waals surface area contributed by atoms with Crippen molar-refractivity contribution in [1.82, 2.24) is 4.98 Å². The Morgan fingerprint density at radius 2 is 1.89 bits per heavy atom. The summed E-state index contributed by atoms with van der Waals surface area (Å²) in [4.78, 5) is 4.13. The lowest BCUT2D eigenvalue weighted by molar-refractivity contribution is 0.200. The highest BCUT2D eigenvalue weighted by atomic mass is 35.5. The molecule has 5 heteroatoms. The van der Waals surface area contributed by atoms with Crippen LogP contribution in [0.1, 0.15) is 49.7 Å². The molecular formula is C23H28ClNO2S. The Kier molecular flexibility index (Phi) is 7.30. The highest BCUT2D eigenvalue weighted by Gasteiger charge is 2.34. The fourth-order valence-corrected chi connectivity index (χ4v) is 5.22. The van der Waals surface area contributed by atoms with E-state index < -0.39 is 0 Å². The first-order chi connectivity index (χ1) is 13.3. The van der Waals surface area contributed by atoms with Gasteiger partial charge in [-0.25, -0.2) is 0 Å². The summed E-state index contributed by atoms with van der Waals surface area (Å²) in [5.41, 5.74) is 2.67. The predicted octanol–water partition coefficient (Wildman–Crippen LogP) is 6.31. The molecule has 2 aliphatic rings. The Morgan fingerprint density at radius 1 is 1.11 bits per heavy atom. The second-order valence-electron chi connectivity index (χ2n) is 7.43. The van der Waals surface area contributed by atoms with Gasteiger partial charge in [0.05, 0.1) is 13.2 Å². The maximum atomic E-state index is 6.34. The fraction of sp³-hybridized carbons (Fsp3) is 0.435. The molecule has 1 aliphatic carbocycles. The second-order valence-corrected chi connectivity index (χ2v) is 8.72. The normalized spacial score (nSPS) is 21.5. The van der Waals surface area contributed by atoms with Crippen LogP contribution >= 0.6 is 24.2 Å². The number of benzene rings is 1. The molecule has 2 aromatic rings. The Hall–Kier alpha value is -1.65. The lowest BCUT2D eigenvalue weighted by atomic mass is 9.88. The highest BCUT2D eigenvalue weighted by molar-refractivity contribution is 8.03. The third-order valence-corrected chi connectivity index (χ3v) is 7.08. The minimum atomic E-state index is 0. The zero-order valence-electron chi connectivity index (χ0n) is 16.3. The van der Waals surface area contributed by atoms with Gasteiger partial charge in [0, 0.05) is 17.1 Å². The van der Waals surface area contributed by atoms with Crippen LogP contribution in [0.25, 0.3) is 0 Å². The summed E-state index contributed by atoms with van der Waals surface area (Å²) in [6.07, 6.45) is 14.4. The third-order valence-electron chi connectivity index (χ3n) is 5.69. The number of rotatable bonds is 7. The molecule has 0 N–H and O–H groups in total. The van der Waals surface area contributed by atoms with E-state index in [9.17, 15) is 0 Å². The van der Waals surface area contributed by atoms with Crippen LogP contribution in [0.3, 0.4) is 0 Å². The van der Waals surface area contributed by atoms with E-state index in [2.05, 4.69) is 46.8 Å². The van der Waals surface area contributed by atoms with Crippen molar-refractivity contribution in [2.45, 2.75) is 55.8 Å². The molecule has 4 rings (SSSR count). The average Bonchev–Trinajstić information content (AvgIpc) is 3.40. The molecule has 1 aromatic heterocycles. The van der Waals surface area contributed by atoms with E-state index in [0.29, 0.717) is 6.10 Å². The molecule has 1 unspecified atom stereocenters. The number of ether oxygens (including phenoxy) is 2. The largest absolute Gasteiger partial charge is 0.493 e. The van der Waals surface area contributed by atoms with E-state index in [0.717, 1.165) is 43.6 Å². The first-order valence-corrected chi connectivity index (χ1v) is 10.7. The number of aromatic nitrogens is 1. The first kappa shape index (κ1) is 21.1. The number of halogens is 1. The van der Waals surface area contributed by atoms with Gasteiger partial charge in [-0.2, -0.15) is 0 Å². The van der Waals surface area contributed by atoms with Crippen molar-refractivity contribution < 1.29 is 9.47 Å². The maximum Gasteiger partial charge on any atom is 0.161 e. The van der Waals surface area contributed by atoms with Gasteiger partial charge in [-0.05, 0) is 85.7 Å². The Balaban J connectivity index is 0.00000225. The van der Waals surface area contributed by atoms with E-state index in [1.165, 1.54) is 24.0 Å². The van der Waals surface area contributed by atoms with Crippen molar-refractivity contribution in [3.05, 3.63) is 65.3 Å². The number of thioether (sulfide) groups is 1. The number of methoxy groups -OCH3 is 1. The number of hydrogen-bond acceptors (Lipinski definition) is 4. The zero-order chi connectivity index (χ0) is 18.5. The van der Waals surface area contributed by atoms with Crippen LogP contribution in [0.2, 0.25) is 0 Å². The molecule has 3 nitrogen and oxygen atoms in total. The summed E-state index contributed by atoms with van der Waals surface area (Å²) in [5, 5.41) is 2.24. The lowest BCUT2D eigenvalue weighted by Crippen LogP contribution is -2.20. The lowest BCUT2D eigenvalue weighted by Gasteiger charge is -2.30. The second kappa shape index (κ2) is 9.71. The van der Waals surface area contributed by atoms with Gasteiger partial charge < -0.3 is 9.47 Å². The van der Waals surface area contributed by atoms with Gasteiger partial charge in [-0.15, -0.1) is 24.2 Å². The molecule has 0 bridgehead atoms. The van der Waals surface area contributed by atoms with Crippen LogP contribution in [-0.4, -0.2) is 18.2 Å². The molecule has 1 aromatic carbocycles. The number of hydrogen-bond donors (Lipinski definition) is 0. The summed E-state index contributed by atoms with van der Waals surface area (Å²) in [7, 11) is 1.72. The van der Waals surface area contributed by atoms with Gasteiger partial charge >= 0.3 is 0 Å². The average molecular weight is 418 g/mol. The number of nitrogens with zero attached hydrogens (tertiary/aromatic N) is 1. The van der Waals surface area contributed by atoms with Crippen molar-refractivity contribution in [3.8, 4) is 11.5 Å². The van der Waals surface area contributed by atoms with Crippen LogP contribution in [0.4, 0.5) is 0 Å². The number of pyridine rings is 1. The van der Waals surface area contributed by atoms with E-state index in [1.54, 1.807) is 7.11 Å². The van der Waals surface area contributed by atoms with E-state index in [1.807, 2.05) is 24.2 Å². The van der Waals surface area contributed by atoms with Crippen LogP contribution in [0, 0.1) is 0 Å². The molecular weight excluding hydrogens is 390 g/mol. The van der Waals surface area contributed by atoms with Crippen LogP contribution in [0.5, 0.6) is 11.5 Å². The minimum absolute atomic E-state index is 0. The number of aryl methyl sites for hydroxylation is 1. The van der Waals surface area contributed by atoms with Crippen molar-refractivity contribution >= 4 is 24.2 Å². The van der Waals surface area contributed by atoms with Gasteiger partial charge in [0.1, 0.15) is 0 Å². The summed E-state index contributed by atoms with van der Waals surface area (Å²) in [6.45, 7) is 0. The molecule has 28 heavy (non-hydrogen) atoms. The molecule has 1 atom stereocenters. The van der Waals surface area contributed by atoms with E-state index >= 15 is 0 Å². The van der Waals surface area contributed by atoms with Crippen molar-refractivity contribution in [2.24, 2.45) is 0 Å². The molecule has 1 saturated carbocycles. The molecule has 1 fully saturated rings. The molecule has 0 radical (unpaired) electrons. The summed E-state index contributed by atoms with van der Waals surface area (Å²) >= 11 is 1.93. The quantitative estimate of drug-likeness (QED) is 0.528. The fourth-order valence-electron chi connectivity index (χ4n) is 4.09. The number of allylic oxidation sites excluding steroid dienone is 1. The Bertz CT molecular complexity index is 782. The topological polar surface area (TPSA) is 31.4 Å². The van der Waals surface area contributed by atoms with Crippen LogP contribution in [-0.2, 0) is 11.2 Å². The minimum Gasteiger partial charge on any atom is -0.493 e. The van der Waals surface area contributed by atoms with Gasteiger partial charge in [0.15, 0.2) is 11.5 Å². The van der Waals surface area contributed by atoms with Crippen LogP contribution < -0.4 is 9.47 Å². The Labute approximate surface area is 178 Å². The molecule has 1 aliphatic heterocycles. The maximum absolute atomic E-state index is 6.34. The molecule has 0 amide bonds. The van der Waals surface area contributed by atoms with E-state index in [4.69, 9.17) is 9.47 Å². The van der Waals surface area contributed by atoms with Crippen LogP contribution in [0.15, 0.2) is 54.2 Å². The van der Waals surface area contributed by atoms with Gasteiger partial charge in [0.2, 0.25) is 0 Å². The summed E-state index contributed by atoms with van der Waals surface area (Å²) < 4.78 is 12.0. The van der Waals surface area contributed by atoms with Gasteiger partial charge in [-0.3, -0.25) is 4.98 Å². The summed E-state index contributed by atoms with van der Waals surface area (Å²) in [6, 6.07) is 10.7. The highest BCUT2D eigenvalue weighted by Crippen LogP contribution is 2.50. The summed E-state index contributed by atoms with van der Waals surface area (Å²) in [5.74, 6) is 1.74. The SMILES string of the molecule is COc1ccc(C2(CCc3ccncc3)CC=CS2)cc1OC1CCCC1.Cl. The monoisotopic (exact) mass is 417 g/mol. The molecule has 2 heterocycles. The van der Waals surface area contributed by atoms with E-state index in [-0.39, 0.29) is 17.2 Å². The smallest absolute Gasteiger partial charge is 0.161 e. The third kappa shape index (κ3) is 4.66. The van der Waals surface area contributed by atoms with Gasteiger partial charge in [0.25, 0.3) is 0 Å². The first-order valence-electron chi connectivity index (χ1n) is 9.86. The molecule has 0 spiro atoms. The molecule has 0 saturated heterocycles. The standard InChI is InChI=1S/C23H27NO2S.ClH/c1-25-21-8-7-19(17-22(21)26-20-5-2-3-6-20)23(12-4-16-27-23)13-9-18-10-14-24-15-11-18;/h4,7-8,10-11,14-17,20H,2-3,5-6,9,12-13H2,1H3;1H. The predicted molar refractivity (Wildman–Crippen MR) is 119 cm³/mol. The van der Waals surface area contributed by atoms with Crippen molar-refractivity contribution in [1.29, 1.82) is 0 Å². The zero-order valence-corrected chi connectivity index (χ0v) is 17.9. The Morgan fingerprint density at radius 3 is 2.57 bits per heavy atom.